The minimum Gasteiger partial charge on any atom is -0.506 e. The number of hydrogen-bond acceptors (Lipinski definition) is 3. The monoisotopic (exact) mass is 409 g/mol. The molecule has 0 amide bonds. The third-order valence-electron chi connectivity index (χ3n) is 4.21. The summed E-state index contributed by atoms with van der Waals surface area (Å²) in [6, 6.07) is 23.6. The van der Waals surface area contributed by atoms with Gasteiger partial charge in [0.15, 0.2) is 0 Å². The third-order valence-corrected chi connectivity index (χ3v) is 4.71. The van der Waals surface area contributed by atoms with E-state index >= 15 is 0 Å². The first-order valence-corrected chi connectivity index (χ1v) is 9.44. The van der Waals surface area contributed by atoms with Crippen molar-refractivity contribution in [1.29, 1.82) is 0 Å². The number of aromatic hydroxyl groups is 1. The van der Waals surface area contributed by atoms with Crippen molar-refractivity contribution in [3.63, 3.8) is 0 Å². The van der Waals surface area contributed by atoms with E-state index in [0.29, 0.717) is 15.6 Å². The molecule has 0 saturated carbocycles. The van der Waals surface area contributed by atoms with Gasteiger partial charge in [-0.3, -0.25) is 0 Å². The molecule has 0 bridgehead atoms. The molecule has 4 rings (SSSR count). The summed E-state index contributed by atoms with van der Waals surface area (Å²) in [6.07, 6.45) is 0. The number of benzene rings is 3. The fourth-order valence-electron chi connectivity index (χ4n) is 2.71. The van der Waals surface area contributed by atoms with Crippen molar-refractivity contribution in [2.45, 2.75) is 6.92 Å². The Morgan fingerprint density at radius 2 is 1.29 bits per heavy atom. The van der Waals surface area contributed by atoms with Crippen molar-refractivity contribution in [1.82, 2.24) is 4.98 Å². The van der Waals surface area contributed by atoms with Gasteiger partial charge in [0.1, 0.15) is 11.3 Å². The number of fused-ring (bicyclic) bond motifs is 1. The van der Waals surface area contributed by atoms with Crippen LogP contribution in [0, 0.1) is 6.92 Å². The van der Waals surface area contributed by atoms with E-state index in [1.54, 1.807) is 30.3 Å². The molecule has 1 heterocycles. The van der Waals surface area contributed by atoms with Crippen molar-refractivity contribution in [2.24, 2.45) is 0 Å². The molecule has 28 heavy (non-hydrogen) atoms. The van der Waals surface area contributed by atoms with Gasteiger partial charge >= 0.3 is 6.92 Å². The summed E-state index contributed by atoms with van der Waals surface area (Å²) >= 11 is 11.6. The number of hydrogen-bond donors (Lipinski definition) is 2. The lowest BCUT2D eigenvalue weighted by Crippen LogP contribution is -2.42. The maximum absolute atomic E-state index is 10.1. The third kappa shape index (κ3) is 5.05. The second kappa shape index (κ2) is 9.11. The maximum Gasteiger partial charge on any atom is 0.358 e. The standard InChI is InChI=1S/C12H9BCl2O.C10H9NO/c14-11-5-1-9(2-6-11)13(16)10-3-7-12(15)8-4-10;1-7-5-6-8-3-2-4-9(12)10(8)11-7/h1-8,16H;2-6,12H,1H3. The van der Waals surface area contributed by atoms with Gasteiger partial charge in [0.25, 0.3) is 0 Å². The second-order valence-corrected chi connectivity index (χ2v) is 7.18. The molecule has 140 valence electrons. The molecule has 0 aliphatic carbocycles. The van der Waals surface area contributed by atoms with E-state index in [-0.39, 0.29) is 5.75 Å². The van der Waals surface area contributed by atoms with E-state index in [0.717, 1.165) is 22.0 Å². The van der Waals surface area contributed by atoms with Gasteiger partial charge in [-0.1, -0.05) is 65.7 Å². The Morgan fingerprint density at radius 1 is 0.750 bits per heavy atom. The van der Waals surface area contributed by atoms with E-state index in [1.165, 1.54) is 0 Å². The Bertz CT molecular complexity index is 1020. The molecule has 3 aromatic carbocycles. The minimum absolute atomic E-state index is 0.246. The van der Waals surface area contributed by atoms with Crippen LogP contribution in [-0.4, -0.2) is 22.0 Å². The summed E-state index contributed by atoms with van der Waals surface area (Å²) in [6.45, 7) is 1.26. The summed E-state index contributed by atoms with van der Waals surface area (Å²) in [5.41, 5.74) is 3.22. The van der Waals surface area contributed by atoms with Crippen LogP contribution >= 0.6 is 23.2 Å². The predicted octanol–water partition coefficient (Wildman–Crippen LogP) is 4.34. The number of aromatic nitrogens is 1. The lowest BCUT2D eigenvalue weighted by Gasteiger charge is -2.07. The van der Waals surface area contributed by atoms with Gasteiger partial charge in [-0.05, 0) is 54.2 Å². The smallest absolute Gasteiger partial charge is 0.358 e. The van der Waals surface area contributed by atoms with Gasteiger partial charge in [0, 0.05) is 21.1 Å². The van der Waals surface area contributed by atoms with E-state index in [2.05, 4.69) is 4.98 Å². The van der Waals surface area contributed by atoms with Gasteiger partial charge in [0.05, 0.1) is 0 Å². The molecule has 0 unspecified atom stereocenters. The zero-order valence-corrected chi connectivity index (χ0v) is 16.7. The van der Waals surface area contributed by atoms with Gasteiger partial charge < -0.3 is 10.1 Å². The average Bonchev–Trinajstić information content (AvgIpc) is 2.70. The number of halogens is 2. The van der Waals surface area contributed by atoms with Crippen LogP contribution < -0.4 is 10.9 Å². The minimum atomic E-state index is -0.644. The van der Waals surface area contributed by atoms with E-state index in [9.17, 15) is 10.1 Å². The van der Waals surface area contributed by atoms with Crippen LogP contribution in [0.15, 0.2) is 78.9 Å². The van der Waals surface area contributed by atoms with Crippen LogP contribution in [0.1, 0.15) is 5.69 Å². The highest BCUT2D eigenvalue weighted by atomic mass is 35.5. The normalized spacial score (nSPS) is 10.3. The summed E-state index contributed by atoms with van der Waals surface area (Å²) in [7, 11) is 0. The van der Waals surface area contributed by atoms with E-state index < -0.39 is 6.92 Å². The maximum atomic E-state index is 10.1. The highest BCUT2D eigenvalue weighted by molar-refractivity contribution is 6.78. The van der Waals surface area contributed by atoms with Crippen LogP contribution in [0.3, 0.4) is 0 Å². The Labute approximate surface area is 174 Å². The fraction of sp³-hybridized carbons (Fsp3) is 0.0455. The van der Waals surface area contributed by atoms with Crippen LogP contribution in [0.25, 0.3) is 10.9 Å². The summed E-state index contributed by atoms with van der Waals surface area (Å²) < 4.78 is 0. The zero-order chi connectivity index (χ0) is 20.1. The second-order valence-electron chi connectivity index (χ2n) is 6.31. The number of para-hydroxylation sites is 1. The summed E-state index contributed by atoms with van der Waals surface area (Å²) in [5, 5.41) is 21.8. The number of phenols is 1. The zero-order valence-electron chi connectivity index (χ0n) is 15.2. The first kappa shape index (κ1) is 20.2. The van der Waals surface area contributed by atoms with Crippen molar-refractivity contribution < 1.29 is 10.1 Å². The van der Waals surface area contributed by atoms with E-state index in [4.69, 9.17) is 23.2 Å². The molecular weight excluding hydrogens is 392 g/mol. The molecule has 6 heteroatoms. The van der Waals surface area contributed by atoms with Crippen LogP contribution in [0.2, 0.25) is 10.0 Å². The fourth-order valence-corrected chi connectivity index (χ4v) is 2.96. The number of phenolic OH excluding ortho intramolecular Hbond substituents is 1. The lowest BCUT2D eigenvalue weighted by molar-refractivity contribution is 0.480. The number of pyridine rings is 1. The summed E-state index contributed by atoms with van der Waals surface area (Å²) in [5.74, 6) is 0.246. The van der Waals surface area contributed by atoms with E-state index in [1.807, 2.05) is 55.5 Å². The topological polar surface area (TPSA) is 53.4 Å². The first-order valence-electron chi connectivity index (χ1n) is 8.68. The molecule has 0 aliphatic heterocycles. The predicted molar refractivity (Wildman–Crippen MR) is 118 cm³/mol. The molecule has 0 saturated heterocycles. The molecular formula is C22H18BCl2NO2. The molecule has 1 aromatic heterocycles. The largest absolute Gasteiger partial charge is 0.506 e. The number of rotatable bonds is 2. The average molecular weight is 410 g/mol. The van der Waals surface area contributed by atoms with Crippen molar-refractivity contribution in [2.75, 3.05) is 0 Å². The molecule has 2 N–H and O–H groups in total. The van der Waals surface area contributed by atoms with Crippen molar-refractivity contribution in [3.8, 4) is 5.75 Å². The molecule has 0 spiro atoms. The van der Waals surface area contributed by atoms with Crippen molar-refractivity contribution >= 4 is 51.9 Å². The summed E-state index contributed by atoms with van der Waals surface area (Å²) in [4.78, 5) is 4.23. The first-order chi connectivity index (χ1) is 13.4. The van der Waals surface area contributed by atoms with Gasteiger partial charge in [0.2, 0.25) is 0 Å². The molecule has 0 radical (unpaired) electrons. The van der Waals surface area contributed by atoms with Gasteiger partial charge in [-0.15, -0.1) is 0 Å². The lowest BCUT2D eigenvalue weighted by atomic mass is 9.56. The molecule has 3 nitrogen and oxygen atoms in total. The van der Waals surface area contributed by atoms with Crippen LogP contribution in [0.5, 0.6) is 5.75 Å². The highest BCUT2D eigenvalue weighted by Crippen LogP contribution is 2.21. The molecule has 4 aromatic rings. The Hall–Kier alpha value is -2.53. The SMILES string of the molecule is Cc1ccc2cccc(O)c2n1.OB(c1ccc(Cl)cc1)c1ccc(Cl)cc1. The molecule has 0 fully saturated rings. The Kier molecular flexibility index (Phi) is 6.58. The van der Waals surface area contributed by atoms with Gasteiger partial charge in [-0.2, -0.15) is 0 Å². The number of aryl methyl sites for hydroxylation is 1. The van der Waals surface area contributed by atoms with Crippen LogP contribution in [0.4, 0.5) is 0 Å². The molecule has 0 aliphatic rings. The Balaban J connectivity index is 0.000000167. The Morgan fingerprint density at radius 3 is 1.82 bits per heavy atom. The van der Waals surface area contributed by atoms with Gasteiger partial charge in [-0.25, -0.2) is 4.98 Å². The van der Waals surface area contributed by atoms with Crippen molar-refractivity contribution in [3.05, 3.63) is 94.6 Å². The highest BCUT2D eigenvalue weighted by Gasteiger charge is 2.16. The van der Waals surface area contributed by atoms with Crippen LogP contribution in [-0.2, 0) is 0 Å². The number of nitrogens with zero attached hydrogens (tertiary/aromatic N) is 1. The quantitative estimate of drug-likeness (QED) is 0.484. The molecule has 0 atom stereocenters.